The number of hydrogen-bond donors (Lipinski definition) is 1. The Hall–Kier alpha value is -0.0300. The van der Waals surface area contributed by atoms with Crippen molar-refractivity contribution in [3.63, 3.8) is 0 Å². The summed E-state index contributed by atoms with van der Waals surface area (Å²) in [6, 6.07) is 4.56. The van der Waals surface area contributed by atoms with Crippen molar-refractivity contribution >= 4 is 23.1 Å². The predicted octanol–water partition coefficient (Wildman–Crippen LogP) is 3.44. The number of hydrogen-bond acceptors (Lipinski definition) is 4. The van der Waals surface area contributed by atoms with Crippen molar-refractivity contribution in [1.29, 1.82) is 0 Å². The van der Waals surface area contributed by atoms with Crippen molar-refractivity contribution in [2.24, 2.45) is 5.73 Å². The highest BCUT2D eigenvalue weighted by atomic mass is 32.2. The Morgan fingerprint density at radius 1 is 1.65 bits per heavy atom. The molecule has 0 bridgehead atoms. The smallest absolute Gasteiger partial charge is 0.0666 e. The Balaban J connectivity index is 2.06. The largest absolute Gasteiger partial charge is 0.377 e. The minimum atomic E-state index is 0.242. The van der Waals surface area contributed by atoms with Crippen LogP contribution in [-0.4, -0.2) is 24.0 Å². The standard InChI is InChI=1S/C13H21NOS2/c1-3-10(14)13(12-5-4-8-16-12)17-11-6-7-15-9(11)2/h4-5,8-11,13H,3,6-7,14H2,1-2H3. The van der Waals surface area contributed by atoms with Gasteiger partial charge in [-0.2, -0.15) is 0 Å². The molecule has 1 fully saturated rings. The van der Waals surface area contributed by atoms with Gasteiger partial charge in [0.05, 0.1) is 11.4 Å². The monoisotopic (exact) mass is 271 g/mol. The van der Waals surface area contributed by atoms with Gasteiger partial charge in [0.2, 0.25) is 0 Å². The van der Waals surface area contributed by atoms with Crippen LogP contribution in [0.25, 0.3) is 0 Å². The normalized spacial score (nSPS) is 28.2. The topological polar surface area (TPSA) is 35.2 Å². The van der Waals surface area contributed by atoms with E-state index in [-0.39, 0.29) is 6.04 Å². The van der Waals surface area contributed by atoms with Crippen LogP contribution >= 0.6 is 23.1 Å². The third kappa shape index (κ3) is 3.25. The van der Waals surface area contributed by atoms with Crippen LogP contribution in [0.15, 0.2) is 17.5 Å². The molecule has 2 N–H and O–H groups in total. The van der Waals surface area contributed by atoms with E-state index in [2.05, 4.69) is 31.4 Å². The zero-order chi connectivity index (χ0) is 12.3. The number of nitrogens with two attached hydrogens (primary N) is 1. The molecule has 0 aromatic carbocycles. The van der Waals surface area contributed by atoms with Crippen molar-refractivity contribution in [2.75, 3.05) is 6.61 Å². The van der Waals surface area contributed by atoms with Crippen LogP contribution in [0.4, 0.5) is 0 Å². The molecule has 0 aliphatic carbocycles. The molecule has 1 aliphatic rings. The average molecular weight is 271 g/mol. The number of ether oxygens (including phenoxy) is 1. The van der Waals surface area contributed by atoms with Crippen molar-refractivity contribution in [1.82, 2.24) is 0 Å². The van der Waals surface area contributed by atoms with E-state index in [0.29, 0.717) is 16.6 Å². The number of rotatable bonds is 5. The summed E-state index contributed by atoms with van der Waals surface area (Å²) in [4.78, 5) is 1.41. The van der Waals surface area contributed by atoms with Gasteiger partial charge in [-0.05, 0) is 31.2 Å². The Bertz CT molecular complexity index is 328. The molecular weight excluding hydrogens is 250 g/mol. The highest BCUT2D eigenvalue weighted by molar-refractivity contribution is 8.00. The summed E-state index contributed by atoms with van der Waals surface area (Å²) >= 11 is 3.83. The number of thioether (sulfide) groups is 1. The van der Waals surface area contributed by atoms with Gasteiger partial charge in [-0.15, -0.1) is 23.1 Å². The minimum absolute atomic E-state index is 0.242. The van der Waals surface area contributed by atoms with Gasteiger partial charge in [0.15, 0.2) is 0 Å². The van der Waals surface area contributed by atoms with E-state index in [0.717, 1.165) is 19.4 Å². The highest BCUT2D eigenvalue weighted by Crippen LogP contribution is 2.41. The lowest BCUT2D eigenvalue weighted by Crippen LogP contribution is -2.28. The van der Waals surface area contributed by atoms with Crippen molar-refractivity contribution < 1.29 is 4.74 Å². The summed E-state index contributed by atoms with van der Waals surface area (Å²) in [6.45, 7) is 5.24. The first-order valence-corrected chi connectivity index (χ1v) is 8.10. The van der Waals surface area contributed by atoms with Gasteiger partial charge in [0, 0.05) is 22.8 Å². The summed E-state index contributed by atoms with van der Waals surface area (Å²) in [5.74, 6) is 0. The molecule has 0 saturated carbocycles. The van der Waals surface area contributed by atoms with Crippen molar-refractivity contribution in [2.45, 2.75) is 49.3 Å². The van der Waals surface area contributed by atoms with Gasteiger partial charge in [-0.25, -0.2) is 0 Å². The summed E-state index contributed by atoms with van der Waals surface area (Å²) in [7, 11) is 0. The summed E-state index contributed by atoms with van der Waals surface area (Å²) < 4.78 is 5.64. The quantitative estimate of drug-likeness (QED) is 0.891. The van der Waals surface area contributed by atoms with E-state index in [1.165, 1.54) is 4.88 Å². The fraction of sp³-hybridized carbons (Fsp3) is 0.692. The molecule has 1 saturated heterocycles. The van der Waals surface area contributed by atoms with Gasteiger partial charge in [-0.3, -0.25) is 0 Å². The molecular formula is C13H21NOS2. The fourth-order valence-corrected chi connectivity index (χ4v) is 4.75. The molecule has 2 rings (SSSR count). The minimum Gasteiger partial charge on any atom is -0.377 e. The van der Waals surface area contributed by atoms with Gasteiger partial charge in [0.25, 0.3) is 0 Å². The first kappa shape index (κ1) is 13.4. The Morgan fingerprint density at radius 3 is 3.00 bits per heavy atom. The molecule has 2 heterocycles. The Morgan fingerprint density at radius 2 is 2.47 bits per heavy atom. The Labute approximate surface area is 112 Å². The summed E-state index contributed by atoms with van der Waals surface area (Å²) in [6.07, 6.45) is 2.55. The highest BCUT2D eigenvalue weighted by Gasteiger charge is 2.30. The van der Waals surface area contributed by atoms with E-state index >= 15 is 0 Å². The van der Waals surface area contributed by atoms with E-state index in [9.17, 15) is 0 Å². The van der Waals surface area contributed by atoms with Crippen LogP contribution in [0.2, 0.25) is 0 Å². The molecule has 0 spiro atoms. The molecule has 17 heavy (non-hydrogen) atoms. The molecule has 4 atom stereocenters. The van der Waals surface area contributed by atoms with Gasteiger partial charge < -0.3 is 10.5 Å². The lowest BCUT2D eigenvalue weighted by molar-refractivity contribution is 0.127. The zero-order valence-corrected chi connectivity index (χ0v) is 12.1. The SMILES string of the molecule is CCC(N)C(SC1CCOC1C)c1cccs1. The zero-order valence-electron chi connectivity index (χ0n) is 10.5. The van der Waals surface area contributed by atoms with Gasteiger partial charge in [-0.1, -0.05) is 13.0 Å². The molecule has 96 valence electrons. The van der Waals surface area contributed by atoms with Gasteiger partial charge in [0.1, 0.15) is 0 Å². The molecule has 1 aromatic rings. The third-order valence-corrected chi connectivity index (χ3v) is 6.28. The van der Waals surface area contributed by atoms with Crippen molar-refractivity contribution in [3.05, 3.63) is 22.4 Å². The average Bonchev–Trinajstić information content (AvgIpc) is 2.97. The van der Waals surface area contributed by atoms with Crippen LogP contribution in [0.1, 0.15) is 36.8 Å². The lowest BCUT2D eigenvalue weighted by Gasteiger charge is -2.25. The maximum absolute atomic E-state index is 6.28. The third-order valence-electron chi connectivity index (χ3n) is 3.31. The second-order valence-corrected chi connectivity index (χ2v) is 6.91. The molecule has 0 radical (unpaired) electrons. The first-order valence-electron chi connectivity index (χ1n) is 6.28. The van der Waals surface area contributed by atoms with Crippen LogP contribution in [0.3, 0.4) is 0 Å². The lowest BCUT2D eigenvalue weighted by atomic mass is 10.1. The van der Waals surface area contributed by atoms with Crippen LogP contribution in [0.5, 0.6) is 0 Å². The fourth-order valence-electron chi connectivity index (χ4n) is 2.13. The molecule has 2 nitrogen and oxygen atoms in total. The molecule has 1 aromatic heterocycles. The summed E-state index contributed by atoms with van der Waals surface area (Å²) in [5.41, 5.74) is 6.28. The second kappa shape index (κ2) is 6.23. The van der Waals surface area contributed by atoms with E-state index in [1.54, 1.807) is 0 Å². The molecule has 0 amide bonds. The first-order chi connectivity index (χ1) is 8.22. The van der Waals surface area contributed by atoms with E-state index in [1.807, 2.05) is 23.1 Å². The van der Waals surface area contributed by atoms with Crippen LogP contribution < -0.4 is 5.73 Å². The van der Waals surface area contributed by atoms with E-state index in [4.69, 9.17) is 10.5 Å². The van der Waals surface area contributed by atoms with Crippen LogP contribution in [0, 0.1) is 0 Å². The maximum Gasteiger partial charge on any atom is 0.0666 e. The second-order valence-electron chi connectivity index (χ2n) is 4.55. The Kier molecular flexibility index (Phi) is 4.91. The van der Waals surface area contributed by atoms with E-state index < -0.39 is 0 Å². The predicted molar refractivity (Wildman–Crippen MR) is 76.7 cm³/mol. The van der Waals surface area contributed by atoms with Crippen LogP contribution in [-0.2, 0) is 4.74 Å². The molecule has 4 unspecified atom stereocenters. The number of thiophene rings is 1. The molecule has 1 aliphatic heterocycles. The van der Waals surface area contributed by atoms with Gasteiger partial charge >= 0.3 is 0 Å². The van der Waals surface area contributed by atoms with Crippen molar-refractivity contribution in [3.8, 4) is 0 Å². The summed E-state index contributed by atoms with van der Waals surface area (Å²) in [5, 5.41) is 3.16. The maximum atomic E-state index is 6.28. The molecule has 4 heteroatoms.